The van der Waals surface area contributed by atoms with Gasteiger partial charge in [-0.2, -0.15) is 0 Å². The van der Waals surface area contributed by atoms with Crippen LogP contribution in [-0.2, 0) is 6.42 Å². The summed E-state index contributed by atoms with van der Waals surface area (Å²) in [5.74, 6) is 0.567. The van der Waals surface area contributed by atoms with Crippen LogP contribution in [0.15, 0.2) is 34.9 Å². The fourth-order valence-corrected chi connectivity index (χ4v) is 1.84. The maximum atomic E-state index is 5.63. The maximum Gasteiger partial charge on any atom is 0.0843 e. The van der Waals surface area contributed by atoms with Gasteiger partial charge in [-0.25, -0.2) is 4.68 Å². The molecule has 0 aliphatic carbocycles. The van der Waals surface area contributed by atoms with Crippen molar-refractivity contribution in [2.75, 3.05) is 5.88 Å². The van der Waals surface area contributed by atoms with E-state index in [1.165, 1.54) is 0 Å². The van der Waals surface area contributed by atoms with Gasteiger partial charge in [-0.15, -0.1) is 16.7 Å². The molecule has 15 heavy (non-hydrogen) atoms. The molecular weight excluding hydrogens is 277 g/mol. The molecule has 1 aromatic carbocycles. The molecule has 0 unspecified atom stereocenters. The smallest absolute Gasteiger partial charge is 0.0843 e. The number of aryl methyl sites for hydroxylation is 1. The summed E-state index contributed by atoms with van der Waals surface area (Å²) >= 11 is 9.05. The number of aromatic nitrogens is 3. The second kappa shape index (κ2) is 4.77. The molecule has 5 heteroatoms. The summed E-state index contributed by atoms with van der Waals surface area (Å²) in [4.78, 5) is 0. The monoisotopic (exact) mass is 285 g/mol. The Morgan fingerprint density at radius 3 is 3.00 bits per heavy atom. The van der Waals surface area contributed by atoms with Crippen molar-refractivity contribution in [2.45, 2.75) is 6.42 Å². The van der Waals surface area contributed by atoms with E-state index in [4.69, 9.17) is 11.6 Å². The first kappa shape index (κ1) is 10.6. The van der Waals surface area contributed by atoms with E-state index in [9.17, 15) is 0 Å². The average molecular weight is 287 g/mol. The van der Waals surface area contributed by atoms with Crippen LogP contribution in [0.3, 0.4) is 0 Å². The zero-order valence-electron chi connectivity index (χ0n) is 7.90. The van der Waals surface area contributed by atoms with E-state index >= 15 is 0 Å². The van der Waals surface area contributed by atoms with Gasteiger partial charge in [-0.05, 0) is 18.2 Å². The molecule has 0 aliphatic rings. The van der Waals surface area contributed by atoms with Crippen LogP contribution >= 0.6 is 27.5 Å². The van der Waals surface area contributed by atoms with Gasteiger partial charge in [0, 0.05) is 16.8 Å². The number of alkyl halides is 1. The van der Waals surface area contributed by atoms with E-state index in [2.05, 4.69) is 26.2 Å². The normalized spacial score (nSPS) is 10.5. The molecule has 0 spiro atoms. The van der Waals surface area contributed by atoms with Gasteiger partial charge in [-0.1, -0.05) is 27.2 Å². The van der Waals surface area contributed by atoms with E-state index in [0.717, 1.165) is 22.3 Å². The predicted molar refractivity (Wildman–Crippen MR) is 63.5 cm³/mol. The second-order valence-corrected chi connectivity index (χ2v) is 4.37. The Labute approximate surface area is 101 Å². The van der Waals surface area contributed by atoms with Gasteiger partial charge >= 0.3 is 0 Å². The molecule has 78 valence electrons. The van der Waals surface area contributed by atoms with Crippen molar-refractivity contribution in [3.8, 4) is 5.69 Å². The van der Waals surface area contributed by atoms with Crippen LogP contribution in [0, 0.1) is 0 Å². The average Bonchev–Trinajstić information content (AvgIpc) is 2.67. The van der Waals surface area contributed by atoms with Gasteiger partial charge in [0.15, 0.2) is 0 Å². The molecule has 0 bridgehead atoms. The lowest BCUT2D eigenvalue weighted by Crippen LogP contribution is -1.94. The topological polar surface area (TPSA) is 30.7 Å². The number of nitrogens with zero attached hydrogens (tertiary/aromatic N) is 3. The number of hydrogen-bond donors (Lipinski definition) is 0. The van der Waals surface area contributed by atoms with Crippen LogP contribution in [0.25, 0.3) is 5.69 Å². The van der Waals surface area contributed by atoms with Crippen molar-refractivity contribution in [1.29, 1.82) is 0 Å². The first-order valence-electron chi connectivity index (χ1n) is 4.53. The lowest BCUT2D eigenvalue weighted by atomic mass is 10.3. The molecule has 0 radical (unpaired) electrons. The molecule has 0 N–H and O–H groups in total. The Balaban J connectivity index is 2.29. The van der Waals surface area contributed by atoms with E-state index in [1.54, 1.807) is 4.68 Å². The molecule has 0 aliphatic heterocycles. The molecule has 0 fully saturated rings. The van der Waals surface area contributed by atoms with Gasteiger partial charge < -0.3 is 0 Å². The van der Waals surface area contributed by atoms with E-state index in [-0.39, 0.29) is 0 Å². The Morgan fingerprint density at radius 1 is 1.40 bits per heavy atom. The highest BCUT2D eigenvalue weighted by atomic mass is 79.9. The summed E-state index contributed by atoms with van der Waals surface area (Å²) in [6, 6.07) is 7.89. The summed E-state index contributed by atoms with van der Waals surface area (Å²) in [5, 5.41) is 8.06. The highest BCUT2D eigenvalue weighted by molar-refractivity contribution is 9.10. The van der Waals surface area contributed by atoms with Gasteiger partial charge in [0.25, 0.3) is 0 Å². The third-order valence-electron chi connectivity index (χ3n) is 1.96. The van der Waals surface area contributed by atoms with Crippen LogP contribution in [0.4, 0.5) is 0 Å². The van der Waals surface area contributed by atoms with Crippen LogP contribution in [0.1, 0.15) is 5.69 Å². The highest BCUT2D eigenvalue weighted by Gasteiger charge is 2.02. The first-order valence-corrected chi connectivity index (χ1v) is 5.85. The molecule has 0 saturated carbocycles. The summed E-state index contributed by atoms with van der Waals surface area (Å²) in [6.45, 7) is 0. The predicted octanol–water partition coefficient (Wildman–Crippen LogP) is 2.81. The lowest BCUT2D eigenvalue weighted by Gasteiger charge is -1.99. The molecule has 0 amide bonds. The fraction of sp³-hybridized carbons (Fsp3) is 0.200. The minimum Gasteiger partial charge on any atom is -0.220 e. The van der Waals surface area contributed by atoms with Crippen LogP contribution < -0.4 is 0 Å². The van der Waals surface area contributed by atoms with Crippen LogP contribution in [0.5, 0.6) is 0 Å². The van der Waals surface area contributed by atoms with Gasteiger partial charge in [-0.3, -0.25) is 0 Å². The van der Waals surface area contributed by atoms with Crippen molar-refractivity contribution in [3.63, 3.8) is 0 Å². The number of halogens is 2. The van der Waals surface area contributed by atoms with Crippen molar-refractivity contribution < 1.29 is 0 Å². The summed E-state index contributed by atoms with van der Waals surface area (Å²) in [6.07, 6.45) is 2.64. The SMILES string of the molecule is ClCCc1cn(-c2cccc(Br)c2)nn1. The Kier molecular flexibility index (Phi) is 3.38. The van der Waals surface area contributed by atoms with E-state index in [1.807, 2.05) is 30.5 Å². The first-order chi connectivity index (χ1) is 7.29. The summed E-state index contributed by atoms with van der Waals surface area (Å²) in [5.41, 5.74) is 1.89. The zero-order chi connectivity index (χ0) is 10.7. The van der Waals surface area contributed by atoms with E-state index in [0.29, 0.717) is 5.88 Å². The quantitative estimate of drug-likeness (QED) is 0.812. The molecule has 3 nitrogen and oxygen atoms in total. The fourth-order valence-electron chi connectivity index (χ4n) is 1.25. The Hall–Kier alpha value is -0.870. The van der Waals surface area contributed by atoms with Crippen molar-refractivity contribution >= 4 is 27.5 Å². The Bertz CT molecular complexity index is 455. The van der Waals surface area contributed by atoms with Gasteiger partial charge in [0.1, 0.15) is 0 Å². The Morgan fingerprint density at radius 2 is 2.27 bits per heavy atom. The standard InChI is InChI=1S/C10H9BrClN3/c11-8-2-1-3-10(6-8)15-7-9(4-5-12)13-14-15/h1-3,6-7H,4-5H2. The maximum absolute atomic E-state index is 5.63. The number of hydrogen-bond acceptors (Lipinski definition) is 2. The molecule has 1 heterocycles. The van der Waals surface area contributed by atoms with Gasteiger partial charge in [0.2, 0.25) is 0 Å². The van der Waals surface area contributed by atoms with Crippen LogP contribution in [0.2, 0.25) is 0 Å². The lowest BCUT2D eigenvalue weighted by molar-refractivity contribution is 0.797. The molecule has 2 rings (SSSR count). The minimum absolute atomic E-state index is 0.567. The zero-order valence-corrected chi connectivity index (χ0v) is 10.2. The molecular formula is C10H9BrClN3. The van der Waals surface area contributed by atoms with Gasteiger partial charge in [0.05, 0.1) is 17.6 Å². The third-order valence-corrected chi connectivity index (χ3v) is 2.65. The third kappa shape index (κ3) is 2.58. The van der Waals surface area contributed by atoms with Crippen molar-refractivity contribution in [2.24, 2.45) is 0 Å². The second-order valence-electron chi connectivity index (χ2n) is 3.07. The summed E-state index contributed by atoms with van der Waals surface area (Å²) in [7, 11) is 0. The summed E-state index contributed by atoms with van der Waals surface area (Å²) < 4.78 is 2.77. The minimum atomic E-state index is 0.567. The molecule has 0 atom stereocenters. The van der Waals surface area contributed by atoms with Crippen LogP contribution in [-0.4, -0.2) is 20.9 Å². The van der Waals surface area contributed by atoms with E-state index < -0.39 is 0 Å². The highest BCUT2D eigenvalue weighted by Crippen LogP contribution is 2.14. The molecule has 2 aromatic rings. The molecule has 1 aromatic heterocycles. The largest absolute Gasteiger partial charge is 0.220 e. The number of benzene rings is 1. The van der Waals surface area contributed by atoms with Crippen molar-refractivity contribution in [3.05, 3.63) is 40.6 Å². The molecule has 0 saturated heterocycles. The van der Waals surface area contributed by atoms with Crippen molar-refractivity contribution in [1.82, 2.24) is 15.0 Å². The number of rotatable bonds is 3.